The zero-order chi connectivity index (χ0) is 15.5. The summed E-state index contributed by atoms with van der Waals surface area (Å²) in [6.45, 7) is 4.68. The Balaban J connectivity index is 2.32. The average molecular weight is 312 g/mol. The summed E-state index contributed by atoms with van der Waals surface area (Å²) in [6, 6.07) is 3.40. The number of carbonyl (C=O) groups excluding carboxylic acids is 1. The molecule has 0 unspecified atom stereocenters. The largest absolute Gasteiger partial charge is 0.339 e. The Labute approximate surface area is 123 Å². The van der Waals surface area contributed by atoms with Crippen LogP contribution in [0.25, 0.3) is 0 Å². The lowest BCUT2D eigenvalue weighted by molar-refractivity contribution is 0.0792. The molecule has 1 aromatic rings. The maximum Gasteiger partial charge on any atom is 0.253 e. The second-order valence-electron chi connectivity index (χ2n) is 4.79. The zero-order valence-corrected chi connectivity index (χ0v) is 12.3. The van der Waals surface area contributed by atoms with Crippen LogP contribution in [0.3, 0.4) is 0 Å². The van der Waals surface area contributed by atoms with E-state index in [0.717, 1.165) is 25.0 Å². The molecule has 0 spiro atoms. The molecule has 7 heteroatoms. The number of nitrogens with zero attached hydrogens (tertiary/aromatic N) is 1. The van der Waals surface area contributed by atoms with Crippen LogP contribution >= 0.6 is 0 Å². The lowest BCUT2D eigenvalue weighted by atomic mass is 10.2. The van der Waals surface area contributed by atoms with Gasteiger partial charge in [0.05, 0.1) is 0 Å². The van der Waals surface area contributed by atoms with Gasteiger partial charge < -0.3 is 4.90 Å². The highest BCUT2D eigenvalue weighted by Crippen LogP contribution is 2.19. The predicted molar refractivity (Wildman–Crippen MR) is 76.9 cm³/mol. The topological polar surface area (TPSA) is 66.5 Å². The number of carbonyl (C=O) groups is 1. The van der Waals surface area contributed by atoms with Crippen molar-refractivity contribution in [2.24, 2.45) is 0 Å². The van der Waals surface area contributed by atoms with E-state index >= 15 is 0 Å². The van der Waals surface area contributed by atoms with Gasteiger partial charge in [0, 0.05) is 25.2 Å². The Kier molecular flexibility index (Phi) is 4.74. The van der Waals surface area contributed by atoms with Crippen molar-refractivity contribution in [3.8, 4) is 0 Å². The number of hydrogen-bond acceptors (Lipinski definition) is 3. The van der Waals surface area contributed by atoms with Crippen molar-refractivity contribution < 1.29 is 17.6 Å². The fourth-order valence-electron chi connectivity index (χ4n) is 2.19. The highest BCUT2D eigenvalue weighted by Gasteiger charge is 2.24. The molecule has 1 amide bonds. The van der Waals surface area contributed by atoms with Crippen LogP contribution in [-0.2, 0) is 10.0 Å². The van der Waals surface area contributed by atoms with E-state index < -0.39 is 20.7 Å². The molecule has 0 atom stereocenters. The van der Waals surface area contributed by atoms with Crippen LogP contribution in [0.4, 0.5) is 4.39 Å². The van der Waals surface area contributed by atoms with Crippen LogP contribution < -0.4 is 4.72 Å². The second kappa shape index (κ2) is 6.36. The summed E-state index contributed by atoms with van der Waals surface area (Å²) in [5.41, 5.74) is 0.178. The zero-order valence-electron chi connectivity index (χ0n) is 11.5. The molecule has 0 aliphatic carbocycles. The van der Waals surface area contributed by atoms with Crippen molar-refractivity contribution in [3.05, 3.63) is 42.2 Å². The Morgan fingerprint density at radius 1 is 1.38 bits per heavy atom. The van der Waals surface area contributed by atoms with Crippen LogP contribution in [0.2, 0.25) is 0 Å². The Hall–Kier alpha value is -1.73. The summed E-state index contributed by atoms with van der Waals surface area (Å²) in [6.07, 6.45) is 3.21. The third-order valence-corrected chi connectivity index (χ3v) is 4.72. The summed E-state index contributed by atoms with van der Waals surface area (Å²) < 4.78 is 39.9. The molecule has 21 heavy (non-hydrogen) atoms. The van der Waals surface area contributed by atoms with Gasteiger partial charge in [0.25, 0.3) is 5.91 Å². The van der Waals surface area contributed by atoms with E-state index in [9.17, 15) is 17.6 Å². The molecule has 1 fully saturated rings. The first-order valence-corrected chi connectivity index (χ1v) is 8.13. The first kappa shape index (κ1) is 15.7. The lowest BCUT2D eigenvalue weighted by Gasteiger charge is -2.16. The van der Waals surface area contributed by atoms with Crippen molar-refractivity contribution in [2.75, 3.05) is 19.6 Å². The number of amides is 1. The second-order valence-corrected chi connectivity index (χ2v) is 6.52. The standard InChI is InChI=1S/C14H17FN2O3S/c1-2-7-16-21(19,20)13-10-11(5-6-12(13)15)14(18)17-8-3-4-9-17/h2,5-6,10,16H,1,3-4,7-9H2. The molecule has 1 aliphatic rings. The number of likely N-dealkylation sites (tertiary alicyclic amines) is 1. The molecule has 0 radical (unpaired) electrons. The van der Waals surface area contributed by atoms with Crippen LogP contribution in [0, 0.1) is 5.82 Å². The van der Waals surface area contributed by atoms with Crippen molar-refractivity contribution in [1.82, 2.24) is 9.62 Å². The first-order valence-electron chi connectivity index (χ1n) is 6.65. The van der Waals surface area contributed by atoms with Crippen LogP contribution in [0.1, 0.15) is 23.2 Å². The summed E-state index contributed by atoms with van der Waals surface area (Å²) in [5, 5.41) is 0. The van der Waals surface area contributed by atoms with Crippen molar-refractivity contribution in [1.29, 1.82) is 0 Å². The quantitative estimate of drug-likeness (QED) is 0.839. The highest BCUT2D eigenvalue weighted by molar-refractivity contribution is 7.89. The molecule has 1 saturated heterocycles. The molecule has 5 nitrogen and oxygen atoms in total. The monoisotopic (exact) mass is 312 g/mol. The van der Waals surface area contributed by atoms with Gasteiger partial charge in [-0.25, -0.2) is 17.5 Å². The minimum Gasteiger partial charge on any atom is -0.339 e. The van der Waals surface area contributed by atoms with Crippen LogP contribution in [0.15, 0.2) is 35.7 Å². The van der Waals surface area contributed by atoms with Gasteiger partial charge in [0.15, 0.2) is 0 Å². The number of nitrogens with one attached hydrogen (secondary N) is 1. The van der Waals surface area contributed by atoms with Gasteiger partial charge in [0.2, 0.25) is 10.0 Å². The SMILES string of the molecule is C=CCNS(=O)(=O)c1cc(C(=O)N2CCCC2)ccc1F. The Morgan fingerprint density at radius 2 is 2.05 bits per heavy atom. The summed E-state index contributed by atoms with van der Waals surface area (Å²) in [7, 11) is -4.00. The van der Waals surface area contributed by atoms with E-state index in [1.807, 2.05) is 0 Å². The van der Waals surface area contributed by atoms with Gasteiger partial charge in [-0.1, -0.05) is 6.08 Å². The molecule has 2 rings (SSSR count). The number of sulfonamides is 1. The third kappa shape index (κ3) is 3.48. The van der Waals surface area contributed by atoms with E-state index in [4.69, 9.17) is 0 Å². The molecule has 1 N–H and O–H groups in total. The van der Waals surface area contributed by atoms with Gasteiger partial charge in [-0.05, 0) is 31.0 Å². The predicted octanol–water partition coefficient (Wildman–Crippen LogP) is 1.53. The minimum atomic E-state index is -4.00. The minimum absolute atomic E-state index is 0.00786. The summed E-state index contributed by atoms with van der Waals surface area (Å²) in [5.74, 6) is -1.16. The van der Waals surface area contributed by atoms with E-state index in [1.165, 1.54) is 12.1 Å². The van der Waals surface area contributed by atoms with E-state index in [-0.39, 0.29) is 18.0 Å². The molecule has 114 valence electrons. The number of benzene rings is 1. The van der Waals surface area contributed by atoms with Crippen molar-refractivity contribution >= 4 is 15.9 Å². The van der Waals surface area contributed by atoms with Gasteiger partial charge >= 0.3 is 0 Å². The van der Waals surface area contributed by atoms with E-state index in [1.54, 1.807) is 4.90 Å². The van der Waals surface area contributed by atoms with Crippen molar-refractivity contribution in [2.45, 2.75) is 17.7 Å². The molecular formula is C14H17FN2O3S. The molecule has 1 heterocycles. The maximum atomic E-state index is 13.8. The van der Waals surface area contributed by atoms with Gasteiger partial charge in [-0.3, -0.25) is 4.79 Å². The molecule has 1 aromatic carbocycles. The molecule has 0 saturated carbocycles. The number of rotatable bonds is 5. The van der Waals surface area contributed by atoms with Crippen molar-refractivity contribution in [3.63, 3.8) is 0 Å². The van der Waals surface area contributed by atoms with E-state index in [2.05, 4.69) is 11.3 Å². The molecular weight excluding hydrogens is 295 g/mol. The fourth-order valence-corrected chi connectivity index (χ4v) is 3.29. The fraction of sp³-hybridized carbons (Fsp3) is 0.357. The lowest BCUT2D eigenvalue weighted by Crippen LogP contribution is -2.29. The van der Waals surface area contributed by atoms with Gasteiger partial charge in [0.1, 0.15) is 10.7 Å². The van der Waals surface area contributed by atoms with Gasteiger partial charge in [-0.2, -0.15) is 0 Å². The van der Waals surface area contributed by atoms with Gasteiger partial charge in [-0.15, -0.1) is 6.58 Å². The first-order chi connectivity index (χ1) is 9.95. The number of hydrogen-bond donors (Lipinski definition) is 1. The smallest absolute Gasteiger partial charge is 0.253 e. The molecule has 0 bridgehead atoms. The van der Waals surface area contributed by atoms with Crippen LogP contribution in [-0.4, -0.2) is 38.9 Å². The number of halogens is 1. The average Bonchev–Trinajstić information content (AvgIpc) is 2.99. The summed E-state index contributed by atoms with van der Waals surface area (Å²) >= 11 is 0. The Bertz CT molecular complexity index is 652. The third-order valence-electron chi connectivity index (χ3n) is 3.28. The molecule has 0 aromatic heterocycles. The van der Waals surface area contributed by atoms with Crippen LogP contribution in [0.5, 0.6) is 0 Å². The van der Waals surface area contributed by atoms with E-state index in [0.29, 0.717) is 13.1 Å². The highest BCUT2D eigenvalue weighted by atomic mass is 32.2. The normalized spacial score (nSPS) is 15.2. The molecule has 1 aliphatic heterocycles. The maximum absolute atomic E-state index is 13.8. The Morgan fingerprint density at radius 3 is 2.67 bits per heavy atom. The summed E-state index contributed by atoms with van der Waals surface area (Å²) in [4.78, 5) is 13.3.